The fraction of sp³-hybridized carbons (Fsp3) is 0.154. The molecule has 0 saturated carbocycles. The van der Waals surface area contributed by atoms with Crippen molar-refractivity contribution < 1.29 is 8.78 Å². The number of benzene rings is 1. The van der Waals surface area contributed by atoms with Crippen molar-refractivity contribution in [1.82, 2.24) is 10.4 Å². The summed E-state index contributed by atoms with van der Waals surface area (Å²) in [6.07, 6.45) is 3.02. The van der Waals surface area contributed by atoms with Gasteiger partial charge in [-0.05, 0) is 35.7 Å². The highest BCUT2D eigenvalue weighted by atomic mass is 35.5. The lowest BCUT2D eigenvalue weighted by molar-refractivity contribution is 0.538. The molecule has 1 aromatic heterocycles. The van der Waals surface area contributed by atoms with Crippen LogP contribution in [0.1, 0.15) is 17.2 Å². The smallest absolute Gasteiger partial charge is 0.142 e. The Kier molecular flexibility index (Phi) is 4.42. The Balaban J connectivity index is 2.21. The maximum Gasteiger partial charge on any atom is 0.142 e. The van der Waals surface area contributed by atoms with Gasteiger partial charge < -0.3 is 0 Å². The number of nitrogens with one attached hydrogen (secondary N) is 1. The van der Waals surface area contributed by atoms with Crippen LogP contribution in [0.3, 0.4) is 0 Å². The lowest BCUT2D eigenvalue weighted by Gasteiger charge is -2.16. The summed E-state index contributed by atoms with van der Waals surface area (Å²) >= 11 is 5.61. The number of rotatable bonds is 4. The van der Waals surface area contributed by atoms with Gasteiger partial charge in [0.05, 0.1) is 17.3 Å². The van der Waals surface area contributed by atoms with Crippen LogP contribution >= 0.6 is 11.6 Å². The van der Waals surface area contributed by atoms with E-state index in [2.05, 4.69) is 10.4 Å². The third kappa shape index (κ3) is 3.47. The van der Waals surface area contributed by atoms with Crippen LogP contribution in [0.15, 0.2) is 36.7 Å². The zero-order chi connectivity index (χ0) is 13.8. The highest BCUT2D eigenvalue weighted by Gasteiger charge is 2.13. The Morgan fingerprint density at radius 2 is 2.05 bits per heavy atom. The summed E-state index contributed by atoms with van der Waals surface area (Å²) in [6, 6.07) is 5.48. The molecule has 0 spiro atoms. The van der Waals surface area contributed by atoms with Crippen LogP contribution in [0.2, 0.25) is 5.02 Å². The number of pyridine rings is 1. The van der Waals surface area contributed by atoms with Crippen LogP contribution in [0.25, 0.3) is 0 Å². The lowest BCUT2D eigenvalue weighted by Crippen LogP contribution is -2.29. The fourth-order valence-electron chi connectivity index (χ4n) is 1.79. The Bertz CT molecular complexity index is 578. The molecule has 3 N–H and O–H groups in total. The van der Waals surface area contributed by atoms with Crippen LogP contribution < -0.4 is 11.3 Å². The van der Waals surface area contributed by atoms with Gasteiger partial charge in [0.25, 0.3) is 0 Å². The number of hydrogen-bond donors (Lipinski definition) is 2. The van der Waals surface area contributed by atoms with E-state index in [1.54, 1.807) is 6.07 Å². The van der Waals surface area contributed by atoms with Crippen molar-refractivity contribution in [3.8, 4) is 0 Å². The van der Waals surface area contributed by atoms with Crippen LogP contribution in [-0.4, -0.2) is 4.98 Å². The molecule has 1 aromatic carbocycles. The van der Waals surface area contributed by atoms with Crippen LogP contribution in [0.5, 0.6) is 0 Å². The Morgan fingerprint density at radius 3 is 2.68 bits per heavy atom. The minimum Gasteiger partial charge on any atom is -0.271 e. The van der Waals surface area contributed by atoms with Crippen molar-refractivity contribution in [1.29, 1.82) is 0 Å². The van der Waals surface area contributed by atoms with Crippen LogP contribution in [0, 0.1) is 11.6 Å². The summed E-state index contributed by atoms with van der Waals surface area (Å²) in [6.45, 7) is 0. The van der Waals surface area contributed by atoms with Gasteiger partial charge in [-0.15, -0.1) is 0 Å². The van der Waals surface area contributed by atoms with Gasteiger partial charge in [0, 0.05) is 6.20 Å². The molecule has 3 nitrogen and oxygen atoms in total. The van der Waals surface area contributed by atoms with Gasteiger partial charge >= 0.3 is 0 Å². The summed E-state index contributed by atoms with van der Waals surface area (Å²) in [5.74, 6) is 4.51. The molecule has 1 atom stereocenters. The Labute approximate surface area is 114 Å². The van der Waals surface area contributed by atoms with Crippen molar-refractivity contribution in [3.05, 3.63) is 64.4 Å². The van der Waals surface area contributed by atoms with Crippen molar-refractivity contribution in [2.24, 2.45) is 5.84 Å². The molecule has 19 heavy (non-hydrogen) atoms. The zero-order valence-electron chi connectivity index (χ0n) is 9.91. The predicted molar refractivity (Wildman–Crippen MR) is 69.4 cm³/mol. The fourth-order valence-corrected chi connectivity index (χ4v) is 1.91. The van der Waals surface area contributed by atoms with E-state index in [-0.39, 0.29) is 11.1 Å². The van der Waals surface area contributed by atoms with Gasteiger partial charge in [0.2, 0.25) is 0 Å². The highest BCUT2D eigenvalue weighted by Crippen LogP contribution is 2.21. The van der Waals surface area contributed by atoms with Gasteiger partial charge in [-0.25, -0.2) is 8.78 Å². The molecule has 2 rings (SSSR count). The number of nitrogens with two attached hydrogens (primary N) is 1. The number of hydrazine groups is 1. The average Bonchev–Trinajstić information content (AvgIpc) is 2.40. The second-order valence-electron chi connectivity index (χ2n) is 4.11. The highest BCUT2D eigenvalue weighted by molar-refractivity contribution is 6.30. The van der Waals surface area contributed by atoms with E-state index in [0.717, 1.165) is 6.20 Å². The van der Waals surface area contributed by atoms with E-state index in [4.69, 9.17) is 17.4 Å². The van der Waals surface area contributed by atoms with Gasteiger partial charge in [0.1, 0.15) is 11.6 Å². The summed E-state index contributed by atoms with van der Waals surface area (Å²) in [4.78, 5) is 3.76. The maximum absolute atomic E-state index is 13.3. The van der Waals surface area contributed by atoms with E-state index in [0.29, 0.717) is 17.5 Å². The molecule has 1 unspecified atom stereocenters. The largest absolute Gasteiger partial charge is 0.271 e. The number of aromatic nitrogens is 1. The SMILES string of the molecule is NNC(Cc1ccc(Cl)c(F)c1)c1cncc(F)c1. The first kappa shape index (κ1) is 13.9. The first-order valence-corrected chi connectivity index (χ1v) is 5.98. The van der Waals surface area contributed by atoms with E-state index < -0.39 is 11.6 Å². The summed E-state index contributed by atoms with van der Waals surface area (Å²) in [7, 11) is 0. The molecule has 0 radical (unpaired) electrons. The van der Waals surface area contributed by atoms with E-state index in [9.17, 15) is 8.78 Å². The minimum atomic E-state index is -0.493. The van der Waals surface area contributed by atoms with E-state index >= 15 is 0 Å². The second kappa shape index (κ2) is 6.06. The molecule has 0 aliphatic rings. The molecule has 0 amide bonds. The molecule has 0 fully saturated rings. The minimum absolute atomic E-state index is 0.0634. The third-order valence-electron chi connectivity index (χ3n) is 2.75. The number of halogens is 3. The monoisotopic (exact) mass is 283 g/mol. The molecule has 100 valence electrons. The molecule has 0 aliphatic heterocycles. The van der Waals surface area contributed by atoms with Crippen molar-refractivity contribution >= 4 is 11.6 Å². The quantitative estimate of drug-likeness (QED) is 0.670. The molecule has 6 heteroatoms. The lowest BCUT2D eigenvalue weighted by atomic mass is 10.0. The zero-order valence-corrected chi connectivity index (χ0v) is 10.7. The third-order valence-corrected chi connectivity index (χ3v) is 3.06. The van der Waals surface area contributed by atoms with Crippen molar-refractivity contribution in [3.63, 3.8) is 0 Å². The molecule has 0 bridgehead atoms. The summed E-state index contributed by atoms with van der Waals surface area (Å²) < 4.78 is 26.5. The van der Waals surface area contributed by atoms with Gasteiger partial charge in [0.15, 0.2) is 0 Å². The average molecular weight is 284 g/mol. The molecule has 1 heterocycles. The molecular weight excluding hydrogens is 272 g/mol. The molecule has 0 saturated heterocycles. The van der Waals surface area contributed by atoms with Gasteiger partial charge in [-0.1, -0.05) is 17.7 Å². The molecule has 0 aliphatic carbocycles. The molecular formula is C13H12ClF2N3. The van der Waals surface area contributed by atoms with Crippen molar-refractivity contribution in [2.45, 2.75) is 12.5 Å². The van der Waals surface area contributed by atoms with E-state index in [1.165, 1.54) is 24.4 Å². The Hall–Kier alpha value is -1.56. The Morgan fingerprint density at radius 1 is 1.26 bits per heavy atom. The summed E-state index contributed by atoms with van der Waals surface area (Å²) in [5.41, 5.74) is 3.86. The number of hydrogen-bond acceptors (Lipinski definition) is 3. The normalized spacial score (nSPS) is 12.4. The molecule has 2 aromatic rings. The first-order valence-electron chi connectivity index (χ1n) is 5.60. The second-order valence-corrected chi connectivity index (χ2v) is 4.52. The van der Waals surface area contributed by atoms with Crippen LogP contribution in [0.4, 0.5) is 8.78 Å². The predicted octanol–water partition coefficient (Wildman–Crippen LogP) is 2.76. The van der Waals surface area contributed by atoms with Crippen molar-refractivity contribution in [2.75, 3.05) is 0 Å². The maximum atomic E-state index is 13.3. The first-order chi connectivity index (χ1) is 9.10. The summed E-state index contributed by atoms with van der Waals surface area (Å²) in [5, 5.41) is 0.0634. The van der Waals surface area contributed by atoms with Crippen LogP contribution in [-0.2, 0) is 6.42 Å². The van der Waals surface area contributed by atoms with Gasteiger partial charge in [-0.3, -0.25) is 16.3 Å². The topological polar surface area (TPSA) is 50.9 Å². The standard InChI is InChI=1S/C13H12ClF2N3/c14-11-2-1-8(3-12(11)16)4-13(19-17)9-5-10(15)7-18-6-9/h1-3,5-7,13,19H,4,17H2. The number of nitrogens with zero attached hydrogens (tertiary/aromatic N) is 1. The van der Waals surface area contributed by atoms with E-state index in [1.807, 2.05) is 0 Å². The van der Waals surface area contributed by atoms with Gasteiger partial charge in [-0.2, -0.15) is 0 Å².